The quantitative estimate of drug-likeness (QED) is 0.490. The fourth-order valence-corrected chi connectivity index (χ4v) is 5.05. The van der Waals surface area contributed by atoms with Crippen molar-refractivity contribution in [3.63, 3.8) is 0 Å². The summed E-state index contributed by atoms with van der Waals surface area (Å²) in [6.45, 7) is 3.85. The summed E-state index contributed by atoms with van der Waals surface area (Å²) < 4.78 is 19.9. The summed E-state index contributed by atoms with van der Waals surface area (Å²) in [7, 11) is 0. The van der Waals surface area contributed by atoms with Gasteiger partial charge in [0.15, 0.2) is 0 Å². The minimum absolute atomic E-state index is 0.0768. The molecule has 0 aromatic heterocycles. The molecular formula is C28H27FN2O2. The Kier molecular flexibility index (Phi) is 5.73. The van der Waals surface area contributed by atoms with Gasteiger partial charge in [0.05, 0.1) is 5.54 Å². The van der Waals surface area contributed by atoms with Gasteiger partial charge in [-0.25, -0.2) is 4.39 Å². The molecule has 168 valence electrons. The molecule has 5 heteroatoms. The Bertz CT molecular complexity index is 1180. The Hall–Kier alpha value is -3.44. The molecule has 4 nitrogen and oxygen atoms in total. The summed E-state index contributed by atoms with van der Waals surface area (Å²) in [5.41, 5.74) is 1.40. The van der Waals surface area contributed by atoms with E-state index in [0.717, 1.165) is 37.4 Å². The van der Waals surface area contributed by atoms with Crippen molar-refractivity contribution in [3.8, 4) is 11.5 Å². The maximum atomic E-state index is 13.9. The van der Waals surface area contributed by atoms with Gasteiger partial charge in [0, 0.05) is 30.9 Å². The molecule has 1 fully saturated rings. The van der Waals surface area contributed by atoms with Crippen LogP contribution in [0.15, 0.2) is 91.0 Å². The Morgan fingerprint density at radius 1 is 1.00 bits per heavy atom. The third-order valence-electron chi connectivity index (χ3n) is 6.64. The van der Waals surface area contributed by atoms with Gasteiger partial charge in [-0.3, -0.25) is 14.6 Å². The zero-order chi connectivity index (χ0) is 22.8. The van der Waals surface area contributed by atoms with Crippen LogP contribution in [-0.4, -0.2) is 28.9 Å². The largest absolute Gasteiger partial charge is 0.457 e. The summed E-state index contributed by atoms with van der Waals surface area (Å²) in [4.78, 5) is 16.9. The molecule has 0 aliphatic carbocycles. The second-order valence-corrected chi connectivity index (χ2v) is 8.93. The number of nitrogens with zero attached hydrogens (tertiary/aromatic N) is 2. The summed E-state index contributed by atoms with van der Waals surface area (Å²) in [5, 5.41) is 0. The van der Waals surface area contributed by atoms with Crippen LogP contribution in [0.4, 0.5) is 10.1 Å². The molecule has 0 N–H and O–H groups in total. The van der Waals surface area contributed by atoms with Gasteiger partial charge in [0.25, 0.3) is 5.91 Å². The van der Waals surface area contributed by atoms with E-state index in [1.54, 1.807) is 17.0 Å². The molecule has 2 aliphatic rings. The van der Waals surface area contributed by atoms with Crippen molar-refractivity contribution in [2.45, 2.75) is 37.9 Å². The minimum Gasteiger partial charge on any atom is -0.457 e. The topological polar surface area (TPSA) is 32.8 Å². The molecule has 1 amide bonds. The molecule has 2 atom stereocenters. The fraction of sp³-hybridized carbons (Fsp3) is 0.250. The molecule has 5 rings (SSSR count). The van der Waals surface area contributed by atoms with Crippen LogP contribution in [0.25, 0.3) is 0 Å². The first-order chi connectivity index (χ1) is 16.0. The van der Waals surface area contributed by atoms with Crippen molar-refractivity contribution in [1.29, 1.82) is 0 Å². The number of carbonyl (C=O) groups is 1. The van der Waals surface area contributed by atoms with E-state index in [1.165, 1.54) is 17.7 Å². The number of amides is 1. The lowest BCUT2D eigenvalue weighted by Gasteiger charge is -2.47. The van der Waals surface area contributed by atoms with Gasteiger partial charge in [-0.05, 0) is 67.8 Å². The van der Waals surface area contributed by atoms with E-state index in [1.807, 2.05) is 54.6 Å². The summed E-state index contributed by atoms with van der Waals surface area (Å²) >= 11 is 0. The van der Waals surface area contributed by atoms with E-state index in [2.05, 4.69) is 24.0 Å². The normalized spacial score (nSPS) is 22.8. The Labute approximate surface area is 193 Å². The van der Waals surface area contributed by atoms with Crippen LogP contribution >= 0.6 is 0 Å². The summed E-state index contributed by atoms with van der Waals surface area (Å²) in [6, 6.07) is 24.5. The maximum Gasteiger partial charge on any atom is 0.251 e. The number of ether oxygens (including phenoxy) is 1. The Morgan fingerprint density at radius 3 is 2.58 bits per heavy atom. The maximum absolute atomic E-state index is 13.9. The molecule has 3 aromatic rings. The fourth-order valence-electron chi connectivity index (χ4n) is 5.05. The lowest BCUT2D eigenvalue weighted by molar-refractivity contribution is -0.114. The number of hydrogen-bond donors (Lipinski definition) is 0. The van der Waals surface area contributed by atoms with E-state index in [0.29, 0.717) is 5.69 Å². The highest BCUT2D eigenvalue weighted by atomic mass is 19.1. The first-order valence-corrected chi connectivity index (χ1v) is 11.4. The molecule has 0 radical (unpaired) electrons. The molecule has 1 saturated heterocycles. The molecule has 3 aromatic carbocycles. The van der Waals surface area contributed by atoms with Gasteiger partial charge < -0.3 is 4.74 Å². The van der Waals surface area contributed by atoms with E-state index in [-0.39, 0.29) is 17.8 Å². The molecule has 2 aliphatic heterocycles. The van der Waals surface area contributed by atoms with E-state index < -0.39 is 5.54 Å². The molecule has 0 saturated carbocycles. The third-order valence-corrected chi connectivity index (χ3v) is 6.64. The molecule has 0 bridgehead atoms. The highest BCUT2D eigenvalue weighted by Gasteiger charge is 2.46. The Balaban J connectivity index is 1.30. The summed E-state index contributed by atoms with van der Waals surface area (Å²) in [6.07, 6.45) is 5.25. The van der Waals surface area contributed by atoms with Crippen molar-refractivity contribution in [3.05, 3.63) is 102 Å². The number of rotatable bonds is 5. The van der Waals surface area contributed by atoms with Gasteiger partial charge in [-0.1, -0.05) is 42.5 Å². The number of anilines is 1. The Morgan fingerprint density at radius 2 is 1.79 bits per heavy atom. The SMILES string of the molecule is C[C@@H]1C[C@]2(C=CC(=O)N2c2cccc(F)c2)CCN1Cc1cccc(Oc2ccccc2)c1. The van der Waals surface area contributed by atoms with Crippen LogP contribution in [0, 0.1) is 5.82 Å². The van der Waals surface area contributed by atoms with Crippen molar-refractivity contribution >= 4 is 11.6 Å². The van der Waals surface area contributed by atoms with Crippen LogP contribution in [0.3, 0.4) is 0 Å². The van der Waals surface area contributed by atoms with Gasteiger partial charge in [0.2, 0.25) is 0 Å². The second kappa shape index (κ2) is 8.83. The van der Waals surface area contributed by atoms with Gasteiger partial charge in [-0.2, -0.15) is 0 Å². The summed E-state index contributed by atoms with van der Waals surface area (Å²) in [5.74, 6) is 1.23. The molecule has 0 unspecified atom stereocenters. The third kappa shape index (κ3) is 4.41. The van der Waals surface area contributed by atoms with Crippen molar-refractivity contribution < 1.29 is 13.9 Å². The average Bonchev–Trinajstić information content (AvgIpc) is 3.12. The average molecular weight is 443 g/mol. The number of carbonyl (C=O) groups excluding carboxylic acids is 1. The van der Waals surface area contributed by atoms with Crippen LogP contribution in [0.2, 0.25) is 0 Å². The molecular weight excluding hydrogens is 415 g/mol. The van der Waals surface area contributed by atoms with E-state index in [9.17, 15) is 9.18 Å². The van der Waals surface area contributed by atoms with E-state index >= 15 is 0 Å². The van der Waals surface area contributed by atoms with Gasteiger partial charge in [0.1, 0.15) is 17.3 Å². The minimum atomic E-state index is -0.404. The highest BCUT2D eigenvalue weighted by Crippen LogP contribution is 2.41. The van der Waals surface area contributed by atoms with Crippen LogP contribution < -0.4 is 9.64 Å². The lowest BCUT2D eigenvalue weighted by Crippen LogP contribution is -2.56. The predicted molar refractivity (Wildman–Crippen MR) is 128 cm³/mol. The van der Waals surface area contributed by atoms with Crippen LogP contribution in [0.1, 0.15) is 25.3 Å². The monoisotopic (exact) mass is 442 g/mol. The number of halogens is 1. The van der Waals surface area contributed by atoms with E-state index in [4.69, 9.17) is 4.74 Å². The van der Waals surface area contributed by atoms with Crippen LogP contribution in [0.5, 0.6) is 11.5 Å². The standard InChI is InChI=1S/C28H27FN2O2/c1-21-19-28(14-13-27(32)31(28)24-9-6-8-23(29)18-24)15-16-30(21)20-22-7-5-12-26(17-22)33-25-10-3-2-4-11-25/h2-14,17-18,21H,15-16,19-20H2,1H3/t21-,28+/m1/s1. The van der Waals surface area contributed by atoms with Gasteiger partial charge >= 0.3 is 0 Å². The molecule has 33 heavy (non-hydrogen) atoms. The van der Waals surface area contributed by atoms with Crippen LogP contribution in [-0.2, 0) is 11.3 Å². The van der Waals surface area contributed by atoms with Crippen molar-refractivity contribution in [2.75, 3.05) is 11.4 Å². The number of piperidine rings is 1. The first-order valence-electron chi connectivity index (χ1n) is 11.4. The van der Waals surface area contributed by atoms with Gasteiger partial charge in [-0.15, -0.1) is 0 Å². The van der Waals surface area contributed by atoms with Crippen molar-refractivity contribution in [2.24, 2.45) is 0 Å². The number of para-hydroxylation sites is 1. The highest BCUT2D eigenvalue weighted by molar-refractivity contribution is 6.06. The smallest absolute Gasteiger partial charge is 0.251 e. The number of likely N-dealkylation sites (tertiary alicyclic amines) is 1. The first kappa shape index (κ1) is 21.4. The number of benzene rings is 3. The second-order valence-electron chi connectivity index (χ2n) is 8.93. The zero-order valence-corrected chi connectivity index (χ0v) is 18.7. The lowest BCUT2D eigenvalue weighted by atomic mass is 9.82. The molecule has 1 spiro atoms. The zero-order valence-electron chi connectivity index (χ0n) is 18.7. The molecule has 2 heterocycles. The van der Waals surface area contributed by atoms with Crippen molar-refractivity contribution in [1.82, 2.24) is 4.90 Å². The predicted octanol–water partition coefficient (Wildman–Crippen LogP) is 5.94. The number of hydrogen-bond acceptors (Lipinski definition) is 3.